The highest BCUT2D eigenvalue weighted by atomic mass is 32.2. The molecular weight excluding hydrogens is 409 g/mol. The molecule has 164 valence electrons. The van der Waals surface area contributed by atoms with Crippen LogP contribution in [-0.4, -0.2) is 46.6 Å². The van der Waals surface area contributed by atoms with E-state index in [1.54, 1.807) is 14.2 Å². The first-order valence-corrected chi connectivity index (χ1v) is 11.5. The predicted molar refractivity (Wildman–Crippen MR) is 113 cm³/mol. The third-order valence-electron chi connectivity index (χ3n) is 5.26. The van der Waals surface area contributed by atoms with Crippen molar-refractivity contribution >= 4 is 10.0 Å². The van der Waals surface area contributed by atoms with Gasteiger partial charge in [0, 0.05) is 25.8 Å². The summed E-state index contributed by atoms with van der Waals surface area (Å²) in [6.45, 7) is 1.97. The summed E-state index contributed by atoms with van der Waals surface area (Å²) in [5.74, 6) is 1.27. The fourth-order valence-electron chi connectivity index (χ4n) is 3.53. The van der Waals surface area contributed by atoms with Gasteiger partial charge in [0.05, 0.1) is 26.6 Å². The fourth-order valence-corrected chi connectivity index (χ4v) is 5.09. The molecule has 0 aromatic heterocycles. The lowest BCUT2D eigenvalue weighted by Gasteiger charge is -2.31. The first-order chi connectivity index (χ1) is 14.4. The number of methoxy groups -OCH3 is 2. The van der Waals surface area contributed by atoms with E-state index in [-0.39, 0.29) is 11.6 Å². The second kappa shape index (κ2) is 10.2. The zero-order valence-electron chi connectivity index (χ0n) is 17.3. The normalized spacial score (nSPS) is 15.8. The van der Waals surface area contributed by atoms with Gasteiger partial charge in [-0.3, -0.25) is 0 Å². The molecule has 0 spiro atoms. The van der Waals surface area contributed by atoms with Crippen LogP contribution in [0.1, 0.15) is 24.0 Å². The molecule has 1 aliphatic rings. The molecule has 0 bridgehead atoms. The molecule has 0 radical (unpaired) electrons. The molecule has 1 saturated heterocycles. The van der Waals surface area contributed by atoms with Crippen LogP contribution < -0.4 is 9.47 Å². The third kappa shape index (κ3) is 6.17. The van der Waals surface area contributed by atoms with E-state index in [0.29, 0.717) is 49.3 Å². The van der Waals surface area contributed by atoms with Crippen LogP contribution in [0.15, 0.2) is 42.5 Å². The van der Waals surface area contributed by atoms with Gasteiger partial charge >= 0.3 is 0 Å². The maximum Gasteiger partial charge on any atom is 0.218 e. The molecule has 3 rings (SSSR count). The van der Waals surface area contributed by atoms with Gasteiger partial charge in [0.25, 0.3) is 0 Å². The maximum atomic E-state index is 13.0. The van der Waals surface area contributed by atoms with Gasteiger partial charge in [0.15, 0.2) is 0 Å². The van der Waals surface area contributed by atoms with Gasteiger partial charge in [-0.05, 0) is 54.2 Å². The lowest BCUT2D eigenvalue weighted by atomic mass is 9.99. The number of rotatable bonds is 9. The van der Waals surface area contributed by atoms with Crippen molar-refractivity contribution in [1.29, 1.82) is 0 Å². The number of hydrogen-bond acceptors (Lipinski definition) is 5. The summed E-state index contributed by atoms with van der Waals surface area (Å²) in [6.07, 6.45) is 1.51. The first kappa shape index (κ1) is 22.5. The zero-order chi connectivity index (χ0) is 21.6. The van der Waals surface area contributed by atoms with Gasteiger partial charge < -0.3 is 14.2 Å². The van der Waals surface area contributed by atoms with Crippen LogP contribution >= 0.6 is 0 Å². The lowest BCUT2D eigenvalue weighted by molar-refractivity contribution is 0.0686. The van der Waals surface area contributed by atoms with Crippen LogP contribution in [0.5, 0.6) is 11.5 Å². The van der Waals surface area contributed by atoms with Crippen molar-refractivity contribution in [3.8, 4) is 11.5 Å². The molecule has 1 heterocycles. The van der Waals surface area contributed by atoms with Crippen LogP contribution in [0.3, 0.4) is 0 Å². The summed E-state index contributed by atoms with van der Waals surface area (Å²) >= 11 is 0. The molecule has 0 amide bonds. The van der Waals surface area contributed by atoms with E-state index in [1.807, 2.05) is 18.2 Å². The predicted octanol–water partition coefficient (Wildman–Crippen LogP) is 3.60. The fraction of sp³-hybridized carbons (Fsp3) is 0.455. The van der Waals surface area contributed by atoms with E-state index in [2.05, 4.69) is 0 Å². The van der Waals surface area contributed by atoms with Crippen molar-refractivity contribution < 1.29 is 27.0 Å². The summed E-state index contributed by atoms with van der Waals surface area (Å²) in [5.41, 5.74) is 1.56. The van der Waals surface area contributed by atoms with Gasteiger partial charge in [0.2, 0.25) is 10.0 Å². The van der Waals surface area contributed by atoms with Crippen molar-refractivity contribution in [2.45, 2.75) is 25.2 Å². The molecule has 1 aliphatic heterocycles. The second-order valence-electron chi connectivity index (χ2n) is 7.46. The van der Waals surface area contributed by atoms with Crippen molar-refractivity contribution in [2.24, 2.45) is 5.92 Å². The van der Waals surface area contributed by atoms with Crippen molar-refractivity contribution in [1.82, 2.24) is 4.31 Å². The number of hydrogen-bond donors (Lipinski definition) is 0. The SMILES string of the molecule is COc1cc(COCC2CCN(S(=O)(=O)Cc3ccc(F)cc3)CC2)cc(OC)c1. The standard InChI is InChI=1S/C22H28FNO5S/c1-27-21-11-19(12-22(13-21)28-2)15-29-14-17-7-9-24(10-8-17)30(25,26)16-18-3-5-20(23)6-4-18/h3-6,11-13,17H,7-10,14-16H2,1-2H3. The molecule has 2 aromatic carbocycles. The van der Waals surface area contributed by atoms with Crippen LogP contribution in [0, 0.1) is 11.7 Å². The maximum absolute atomic E-state index is 13.0. The average Bonchev–Trinajstić information content (AvgIpc) is 2.75. The van der Waals surface area contributed by atoms with Gasteiger partial charge in [-0.2, -0.15) is 0 Å². The highest BCUT2D eigenvalue weighted by molar-refractivity contribution is 7.88. The van der Waals surface area contributed by atoms with E-state index in [4.69, 9.17) is 14.2 Å². The molecule has 0 N–H and O–H groups in total. The smallest absolute Gasteiger partial charge is 0.218 e. The molecule has 0 unspecified atom stereocenters. The van der Waals surface area contributed by atoms with Crippen LogP contribution in [0.2, 0.25) is 0 Å². The number of halogens is 1. The average molecular weight is 438 g/mol. The number of benzene rings is 2. The third-order valence-corrected chi connectivity index (χ3v) is 7.11. The molecular formula is C22H28FNO5S. The Hall–Kier alpha value is -2.16. The summed E-state index contributed by atoms with van der Waals surface area (Å²) in [6, 6.07) is 11.2. The number of nitrogens with zero attached hydrogens (tertiary/aromatic N) is 1. The Kier molecular flexibility index (Phi) is 7.69. The van der Waals surface area contributed by atoms with Crippen molar-refractivity contribution in [2.75, 3.05) is 33.9 Å². The van der Waals surface area contributed by atoms with E-state index in [0.717, 1.165) is 18.4 Å². The molecule has 30 heavy (non-hydrogen) atoms. The van der Waals surface area contributed by atoms with E-state index in [9.17, 15) is 12.8 Å². The van der Waals surface area contributed by atoms with Crippen LogP contribution in [0.4, 0.5) is 4.39 Å². The van der Waals surface area contributed by atoms with Gasteiger partial charge in [-0.1, -0.05) is 12.1 Å². The highest BCUT2D eigenvalue weighted by Gasteiger charge is 2.28. The molecule has 8 heteroatoms. The Morgan fingerprint density at radius 2 is 1.57 bits per heavy atom. The largest absolute Gasteiger partial charge is 0.497 e. The van der Waals surface area contributed by atoms with Gasteiger partial charge in [-0.15, -0.1) is 0 Å². The molecule has 6 nitrogen and oxygen atoms in total. The molecule has 2 aromatic rings. The first-order valence-electron chi connectivity index (χ1n) is 9.91. The van der Waals surface area contributed by atoms with E-state index >= 15 is 0 Å². The summed E-state index contributed by atoms with van der Waals surface area (Å²) in [5, 5.41) is 0. The van der Waals surface area contributed by atoms with Gasteiger partial charge in [0.1, 0.15) is 17.3 Å². The second-order valence-corrected chi connectivity index (χ2v) is 9.43. The number of sulfonamides is 1. The van der Waals surface area contributed by atoms with Crippen molar-refractivity contribution in [3.63, 3.8) is 0 Å². The van der Waals surface area contributed by atoms with E-state index < -0.39 is 10.0 Å². The summed E-state index contributed by atoms with van der Waals surface area (Å²) in [7, 11) is -0.192. The Morgan fingerprint density at radius 3 is 2.13 bits per heavy atom. The molecule has 0 aliphatic carbocycles. The Bertz CT molecular complexity index is 903. The highest BCUT2D eigenvalue weighted by Crippen LogP contribution is 2.25. The number of piperidine rings is 1. The summed E-state index contributed by atoms with van der Waals surface area (Å²) < 4.78 is 56.2. The lowest BCUT2D eigenvalue weighted by Crippen LogP contribution is -2.40. The minimum Gasteiger partial charge on any atom is -0.497 e. The Balaban J connectivity index is 1.46. The Labute approximate surface area is 177 Å². The van der Waals surface area contributed by atoms with E-state index in [1.165, 1.54) is 28.6 Å². The molecule has 0 saturated carbocycles. The minimum absolute atomic E-state index is 0.105. The monoisotopic (exact) mass is 437 g/mol. The quantitative estimate of drug-likeness (QED) is 0.600. The van der Waals surface area contributed by atoms with Gasteiger partial charge in [-0.25, -0.2) is 17.1 Å². The summed E-state index contributed by atoms with van der Waals surface area (Å²) in [4.78, 5) is 0. The topological polar surface area (TPSA) is 65.1 Å². The van der Waals surface area contributed by atoms with Crippen LogP contribution in [-0.2, 0) is 27.1 Å². The molecule has 0 atom stereocenters. The Morgan fingerprint density at radius 1 is 0.967 bits per heavy atom. The van der Waals surface area contributed by atoms with Crippen molar-refractivity contribution in [3.05, 3.63) is 59.4 Å². The van der Waals surface area contributed by atoms with Crippen LogP contribution in [0.25, 0.3) is 0 Å². The zero-order valence-corrected chi connectivity index (χ0v) is 18.2. The number of ether oxygens (including phenoxy) is 3. The molecule has 1 fully saturated rings. The minimum atomic E-state index is -3.41.